The van der Waals surface area contributed by atoms with Crippen LogP contribution in [0.15, 0.2) is 54.6 Å². The lowest BCUT2D eigenvalue weighted by Crippen LogP contribution is -2.44. The molecule has 0 aliphatic heterocycles. The maximum Gasteiger partial charge on any atom is 0.471 e. The van der Waals surface area contributed by atoms with E-state index in [0.29, 0.717) is 11.1 Å². The van der Waals surface area contributed by atoms with Gasteiger partial charge >= 0.3 is 12.1 Å². The summed E-state index contributed by atoms with van der Waals surface area (Å²) in [6, 6.07) is 13.3. The Morgan fingerprint density at radius 3 is 2.07 bits per heavy atom. The van der Waals surface area contributed by atoms with Crippen LogP contribution in [0.1, 0.15) is 16.7 Å². The lowest BCUT2D eigenvalue weighted by Gasteiger charge is -2.13. The zero-order valence-corrected chi connectivity index (χ0v) is 16.5. The molecule has 30 heavy (non-hydrogen) atoms. The second-order valence-electron chi connectivity index (χ2n) is 6.52. The van der Waals surface area contributed by atoms with Gasteiger partial charge in [0.1, 0.15) is 0 Å². The molecule has 7 nitrogen and oxygen atoms in total. The van der Waals surface area contributed by atoms with Gasteiger partial charge in [-0.1, -0.05) is 54.6 Å². The molecule has 2 amide bonds. The average molecular weight is 443 g/mol. The second kappa shape index (κ2) is 9.72. The smallest absolute Gasteiger partial charge is 0.344 e. The molecule has 2 aromatic carbocycles. The van der Waals surface area contributed by atoms with E-state index in [0.717, 1.165) is 5.56 Å². The molecule has 0 heterocycles. The SMILES string of the molecule is NC(Cc1ccccc1)C(=O)NS(=O)(=O)Cc1ccc(CNC(=O)C(F)(F)F)cc1. The molecule has 0 radical (unpaired) electrons. The molecule has 2 rings (SSSR count). The molecule has 0 saturated heterocycles. The Hall–Kier alpha value is -2.92. The summed E-state index contributed by atoms with van der Waals surface area (Å²) in [6.07, 6.45) is -4.81. The van der Waals surface area contributed by atoms with Crippen molar-refractivity contribution >= 4 is 21.8 Å². The van der Waals surface area contributed by atoms with Gasteiger partial charge in [-0.3, -0.25) is 14.3 Å². The van der Waals surface area contributed by atoms with Crippen molar-refractivity contribution in [3.8, 4) is 0 Å². The molecule has 11 heteroatoms. The third-order valence-corrected chi connectivity index (χ3v) is 5.21. The van der Waals surface area contributed by atoms with Gasteiger partial charge in [-0.2, -0.15) is 13.2 Å². The highest BCUT2D eigenvalue weighted by Crippen LogP contribution is 2.15. The van der Waals surface area contributed by atoms with Gasteiger partial charge in [-0.25, -0.2) is 8.42 Å². The Morgan fingerprint density at radius 1 is 0.933 bits per heavy atom. The first-order valence-corrected chi connectivity index (χ1v) is 10.4. The lowest BCUT2D eigenvalue weighted by molar-refractivity contribution is -0.173. The molecule has 1 atom stereocenters. The highest BCUT2D eigenvalue weighted by atomic mass is 32.2. The summed E-state index contributed by atoms with van der Waals surface area (Å²) in [6.45, 7) is -0.365. The van der Waals surface area contributed by atoms with Crippen molar-refractivity contribution in [3.05, 3.63) is 71.3 Å². The molecule has 0 bridgehead atoms. The van der Waals surface area contributed by atoms with Crippen molar-refractivity contribution in [2.24, 2.45) is 5.73 Å². The minimum atomic E-state index is -4.98. The monoisotopic (exact) mass is 443 g/mol. The van der Waals surface area contributed by atoms with E-state index in [1.807, 2.05) is 4.72 Å². The molecule has 0 aliphatic carbocycles. The Balaban J connectivity index is 1.90. The maximum atomic E-state index is 12.2. The molecule has 4 N–H and O–H groups in total. The third-order valence-electron chi connectivity index (χ3n) is 3.98. The third kappa shape index (κ3) is 7.48. The van der Waals surface area contributed by atoms with Gasteiger partial charge in [-0.05, 0) is 23.1 Å². The van der Waals surface area contributed by atoms with Crippen LogP contribution in [0, 0.1) is 0 Å². The van der Waals surface area contributed by atoms with Crippen molar-refractivity contribution < 1.29 is 31.2 Å². The normalized spacial score (nSPS) is 12.8. The van der Waals surface area contributed by atoms with Gasteiger partial charge in [0.05, 0.1) is 11.8 Å². The molecule has 0 aliphatic rings. The fraction of sp³-hybridized carbons (Fsp3) is 0.263. The first kappa shape index (κ1) is 23.4. The summed E-state index contributed by atoms with van der Waals surface area (Å²) in [5, 5.41) is 1.71. The van der Waals surface area contributed by atoms with Gasteiger partial charge in [0.2, 0.25) is 10.0 Å². The van der Waals surface area contributed by atoms with Crippen LogP contribution in [0.4, 0.5) is 13.2 Å². The van der Waals surface area contributed by atoms with Gasteiger partial charge in [0.15, 0.2) is 0 Å². The minimum Gasteiger partial charge on any atom is -0.344 e. The number of sulfonamides is 1. The van der Waals surface area contributed by atoms with Crippen LogP contribution in [0.25, 0.3) is 0 Å². The molecule has 0 aromatic heterocycles. The first-order chi connectivity index (χ1) is 14.0. The summed E-state index contributed by atoms with van der Waals surface area (Å²) < 4.78 is 62.8. The summed E-state index contributed by atoms with van der Waals surface area (Å²) in [5.41, 5.74) is 7.20. The predicted octanol–water partition coefficient (Wildman–Crippen LogP) is 1.38. The number of halogens is 3. The number of rotatable bonds is 8. The number of benzene rings is 2. The van der Waals surface area contributed by atoms with E-state index >= 15 is 0 Å². The van der Waals surface area contributed by atoms with Crippen molar-refractivity contribution in [3.63, 3.8) is 0 Å². The number of nitrogens with two attached hydrogens (primary N) is 1. The van der Waals surface area contributed by atoms with Gasteiger partial charge < -0.3 is 11.1 Å². The highest BCUT2D eigenvalue weighted by molar-refractivity contribution is 7.89. The van der Waals surface area contributed by atoms with E-state index in [1.165, 1.54) is 24.3 Å². The average Bonchev–Trinajstić information content (AvgIpc) is 2.66. The minimum absolute atomic E-state index is 0.167. The van der Waals surface area contributed by atoms with Gasteiger partial charge in [0.25, 0.3) is 5.91 Å². The zero-order valence-electron chi connectivity index (χ0n) is 15.6. The Morgan fingerprint density at radius 2 is 1.50 bits per heavy atom. The van der Waals surface area contributed by atoms with Crippen LogP contribution in [0.2, 0.25) is 0 Å². The Bertz CT molecular complexity index is 978. The van der Waals surface area contributed by atoms with Crippen molar-refractivity contribution in [2.75, 3.05) is 0 Å². The van der Waals surface area contributed by atoms with Gasteiger partial charge in [0, 0.05) is 6.54 Å². The van der Waals surface area contributed by atoms with Crippen LogP contribution < -0.4 is 15.8 Å². The fourth-order valence-corrected chi connectivity index (χ4v) is 3.64. The van der Waals surface area contributed by atoms with E-state index in [4.69, 9.17) is 5.73 Å². The molecule has 2 aromatic rings. The van der Waals surface area contributed by atoms with Crippen molar-refractivity contribution in [1.29, 1.82) is 0 Å². The second-order valence-corrected chi connectivity index (χ2v) is 8.24. The fourth-order valence-electron chi connectivity index (χ4n) is 2.48. The van der Waals surface area contributed by atoms with E-state index in [-0.39, 0.29) is 13.0 Å². The zero-order chi connectivity index (χ0) is 22.4. The van der Waals surface area contributed by atoms with Crippen LogP contribution in [0.5, 0.6) is 0 Å². The number of nitrogens with one attached hydrogen (secondary N) is 2. The largest absolute Gasteiger partial charge is 0.471 e. The quantitative estimate of drug-likeness (QED) is 0.570. The van der Waals surface area contributed by atoms with Crippen molar-refractivity contribution in [1.82, 2.24) is 10.0 Å². The first-order valence-electron chi connectivity index (χ1n) is 8.73. The molecule has 1 unspecified atom stereocenters. The summed E-state index contributed by atoms with van der Waals surface area (Å²) in [7, 11) is -4.03. The summed E-state index contributed by atoms with van der Waals surface area (Å²) in [5.74, 6) is -3.43. The number of alkyl halides is 3. The van der Waals surface area contributed by atoms with E-state index in [2.05, 4.69) is 0 Å². The Labute approximate surface area is 171 Å². The van der Waals surface area contributed by atoms with Crippen LogP contribution in [-0.2, 0) is 38.3 Å². The number of hydrogen-bond donors (Lipinski definition) is 3. The molecule has 0 saturated carbocycles. The number of hydrogen-bond acceptors (Lipinski definition) is 5. The molecule has 0 spiro atoms. The van der Waals surface area contributed by atoms with E-state index < -0.39 is 39.8 Å². The number of carbonyl (C=O) groups excluding carboxylic acids is 2. The Kier molecular flexibility index (Phi) is 7.57. The summed E-state index contributed by atoms with van der Waals surface area (Å²) >= 11 is 0. The molecule has 0 fully saturated rings. The van der Waals surface area contributed by atoms with E-state index in [9.17, 15) is 31.2 Å². The van der Waals surface area contributed by atoms with E-state index in [1.54, 1.807) is 35.6 Å². The topological polar surface area (TPSA) is 118 Å². The lowest BCUT2D eigenvalue weighted by atomic mass is 10.1. The van der Waals surface area contributed by atoms with Crippen molar-refractivity contribution in [2.45, 2.75) is 30.9 Å². The van der Waals surface area contributed by atoms with Crippen LogP contribution in [-0.4, -0.2) is 32.5 Å². The van der Waals surface area contributed by atoms with Crippen LogP contribution in [0.3, 0.4) is 0 Å². The highest BCUT2D eigenvalue weighted by Gasteiger charge is 2.38. The standard InChI is InChI=1S/C19H20F3N3O4S/c20-19(21,22)18(27)24-11-14-6-8-15(9-7-14)12-30(28,29)25-17(26)16(23)10-13-4-2-1-3-5-13/h1-9,16H,10-12,23H2,(H,24,27)(H,25,26). The molecular formula is C19H20F3N3O4S. The predicted molar refractivity (Wildman–Crippen MR) is 103 cm³/mol. The number of carbonyl (C=O) groups is 2. The summed E-state index contributed by atoms with van der Waals surface area (Å²) in [4.78, 5) is 22.9. The molecular weight excluding hydrogens is 423 g/mol. The number of amides is 2. The maximum absolute atomic E-state index is 12.2. The van der Waals surface area contributed by atoms with Crippen LogP contribution >= 0.6 is 0 Å². The molecule has 162 valence electrons. The van der Waals surface area contributed by atoms with Gasteiger partial charge in [-0.15, -0.1) is 0 Å².